The maximum absolute atomic E-state index is 12.2. The average molecular weight is 269 g/mol. The van der Waals surface area contributed by atoms with E-state index in [1.165, 1.54) is 23.9 Å². The van der Waals surface area contributed by atoms with Crippen LogP contribution < -0.4 is 5.11 Å². The summed E-state index contributed by atoms with van der Waals surface area (Å²) < 4.78 is 0. The van der Waals surface area contributed by atoms with Crippen LogP contribution in [0.15, 0.2) is 52.3 Å². The molecule has 2 aromatic carbocycles. The molecule has 0 N–H and O–H groups in total. The first-order valence-electron chi connectivity index (χ1n) is 5.79. The second-order valence-electron chi connectivity index (χ2n) is 4.31. The Balaban J connectivity index is 2.15. The molecule has 0 aliphatic carbocycles. The first-order valence-corrected chi connectivity index (χ1v) is 6.61. The predicted octanol–water partition coefficient (Wildman–Crippen LogP) is 1.94. The van der Waals surface area contributed by atoms with E-state index < -0.39 is 5.97 Å². The summed E-state index contributed by atoms with van der Waals surface area (Å²) in [4.78, 5) is 24.7. The van der Waals surface area contributed by atoms with Crippen molar-refractivity contribution < 1.29 is 14.7 Å². The molecule has 0 aromatic heterocycles. The van der Waals surface area contributed by atoms with Gasteiger partial charge in [0.25, 0.3) is 0 Å². The van der Waals surface area contributed by atoms with Crippen LogP contribution in [-0.2, 0) is 6.42 Å². The third kappa shape index (κ3) is 2.15. The van der Waals surface area contributed by atoms with Crippen molar-refractivity contribution in [2.75, 3.05) is 0 Å². The molecule has 4 heteroatoms. The fraction of sp³-hybridized carbons (Fsp3) is 0.0667. The second-order valence-corrected chi connectivity index (χ2v) is 5.39. The van der Waals surface area contributed by atoms with E-state index >= 15 is 0 Å². The molecule has 0 amide bonds. The summed E-state index contributed by atoms with van der Waals surface area (Å²) in [5, 5.41) is 10.9. The van der Waals surface area contributed by atoms with E-state index in [2.05, 4.69) is 0 Å². The number of carbonyl (C=O) groups is 2. The number of hydrogen-bond acceptors (Lipinski definition) is 4. The van der Waals surface area contributed by atoms with Crippen molar-refractivity contribution in [2.24, 2.45) is 0 Å². The number of carbonyl (C=O) groups excluding carboxylic acids is 2. The highest BCUT2D eigenvalue weighted by Gasteiger charge is 2.20. The topological polar surface area (TPSA) is 57.2 Å². The lowest BCUT2D eigenvalue weighted by Gasteiger charge is -2.08. The molecule has 1 aliphatic heterocycles. The quantitative estimate of drug-likeness (QED) is 0.794. The van der Waals surface area contributed by atoms with E-state index in [9.17, 15) is 14.7 Å². The van der Waals surface area contributed by atoms with Crippen LogP contribution in [0.5, 0.6) is 0 Å². The Morgan fingerprint density at radius 3 is 2.68 bits per heavy atom. The van der Waals surface area contributed by atoms with E-state index in [1.807, 2.05) is 24.3 Å². The van der Waals surface area contributed by atoms with Crippen LogP contribution in [0.3, 0.4) is 0 Å². The van der Waals surface area contributed by atoms with Gasteiger partial charge in [0.1, 0.15) is 0 Å². The second kappa shape index (κ2) is 4.55. The Hall–Kier alpha value is -2.07. The maximum atomic E-state index is 12.2. The summed E-state index contributed by atoms with van der Waals surface area (Å²) in [6.45, 7) is 0. The Labute approximate surface area is 114 Å². The summed E-state index contributed by atoms with van der Waals surface area (Å²) in [7, 11) is 0. The van der Waals surface area contributed by atoms with E-state index in [-0.39, 0.29) is 11.3 Å². The van der Waals surface area contributed by atoms with E-state index in [4.69, 9.17) is 0 Å². The van der Waals surface area contributed by atoms with Gasteiger partial charge in [0, 0.05) is 21.8 Å². The number of carboxylic acids is 1. The molecule has 1 heterocycles. The number of rotatable bonds is 1. The van der Waals surface area contributed by atoms with Crippen LogP contribution in [0.25, 0.3) is 0 Å². The van der Waals surface area contributed by atoms with Gasteiger partial charge in [-0.2, -0.15) is 0 Å². The van der Waals surface area contributed by atoms with Gasteiger partial charge in [-0.25, -0.2) is 0 Å². The summed E-state index contributed by atoms with van der Waals surface area (Å²) in [5.74, 6) is -1.22. The smallest absolute Gasteiger partial charge is 0.168 e. The van der Waals surface area contributed by atoms with Crippen LogP contribution in [0.1, 0.15) is 26.3 Å². The average Bonchev–Trinajstić information content (AvgIpc) is 2.54. The highest BCUT2D eigenvalue weighted by molar-refractivity contribution is 7.99. The minimum Gasteiger partial charge on any atom is -0.545 e. The highest BCUT2D eigenvalue weighted by atomic mass is 32.2. The first kappa shape index (κ1) is 12.0. The number of ketones is 1. The van der Waals surface area contributed by atoms with E-state index in [0.29, 0.717) is 16.9 Å². The van der Waals surface area contributed by atoms with E-state index in [1.54, 1.807) is 6.07 Å². The van der Waals surface area contributed by atoms with Crippen LogP contribution in [0, 0.1) is 0 Å². The Morgan fingerprint density at radius 2 is 1.89 bits per heavy atom. The van der Waals surface area contributed by atoms with Crippen LogP contribution in [-0.4, -0.2) is 11.8 Å². The molecular formula is C15H9O3S-. The predicted molar refractivity (Wildman–Crippen MR) is 69.4 cm³/mol. The molecule has 0 bridgehead atoms. The van der Waals surface area contributed by atoms with Gasteiger partial charge in [-0.05, 0) is 29.3 Å². The van der Waals surface area contributed by atoms with Crippen LogP contribution >= 0.6 is 11.8 Å². The molecule has 0 fully saturated rings. The lowest BCUT2D eigenvalue weighted by Crippen LogP contribution is -2.22. The van der Waals surface area contributed by atoms with Gasteiger partial charge >= 0.3 is 0 Å². The van der Waals surface area contributed by atoms with Crippen molar-refractivity contribution in [3.63, 3.8) is 0 Å². The number of aromatic carboxylic acids is 1. The van der Waals surface area contributed by atoms with Gasteiger partial charge in [0.15, 0.2) is 5.78 Å². The molecule has 0 radical (unpaired) electrons. The lowest BCUT2D eigenvalue weighted by atomic mass is 10.0. The molecular weight excluding hydrogens is 260 g/mol. The van der Waals surface area contributed by atoms with Crippen molar-refractivity contribution in [1.82, 2.24) is 0 Å². The molecule has 0 saturated carbocycles. The molecule has 3 nitrogen and oxygen atoms in total. The first-order chi connectivity index (χ1) is 9.15. The molecule has 0 unspecified atom stereocenters. The number of carboxylic acid groups (broad SMARTS) is 1. The molecule has 0 atom stereocenters. The number of fused-ring (bicyclic) bond motifs is 2. The van der Waals surface area contributed by atoms with Crippen molar-refractivity contribution >= 4 is 23.5 Å². The van der Waals surface area contributed by atoms with Crippen molar-refractivity contribution in [3.05, 3.63) is 59.2 Å². The van der Waals surface area contributed by atoms with Crippen LogP contribution in [0.2, 0.25) is 0 Å². The minimum absolute atomic E-state index is 0.0114. The fourth-order valence-corrected chi connectivity index (χ4v) is 3.23. The fourth-order valence-electron chi connectivity index (χ4n) is 2.10. The summed E-state index contributed by atoms with van der Waals surface area (Å²) in [6, 6.07) is 12.2. The van der Waals surface area contributed by atoms with E-state index in [0.717, 1.165) is 10.5 Å². The lowest BCUT2D eigenvalue weighted by molar-refractivity contribution is -0.255. The van der Waals surface area contributed by atoms with Gasteiger partial charge in [-0.1, -0.05) is 36.0 Å². The van der Waals surface area contributed by atoms with Gasteiger partial charge in [0.2, 0.25) is 0 Å². The Bertz CT molecular complexity index is 692. The molecule has 0 saturated heterocycles. The maximum Gasteiger partial charge on any atom is 0.168 e. The van der Waals surface area contributed by atoms with Crippen molar-refractivity contribution in [1.29, 1.82) is 0 Å². The summed E-state index contributed by atoms with van der Waals surface area (Å²) in [6.07, 6.45) is 0.348. The monoisotopic (exact) mass is 269 g/mol. The van der Waals surface area contributed by atoms with Crippen molar-refractivity contribution in [2.45, 2.75) is 16.2 Å². The summed E-state index contributed by atoms with van der Waals surface area (Å²) >= 11 is 1.43. The van der Waals surface area contributed by atoms with Gasteiger partial charge in [-0.15, -0.1) is 0 Å². The molecule has 3 rings (SSSR count). The van der Waals surface area contributed by atoms with Gasteiger partial charge in [0.05, 0.1) is 5.97 Å². The number of benzene rings is 2. The zero-order chi connectivity index (χ0) is 13.4. The zero-order valence-corrected chi connectivity index (χ0v) is 10.7. The molecule has 19 heavy (non-hydrogen) atoms. The normalized spacial score (nSPS) is 13.4. The number of Topliss-reactive ketones (excluding diaryl/α,β-unsaturated/α-hetero) is 1. The van der Waals surface area contributed by atoms with Crippen LogP contribution in [0.4, 0.5) is 0 Å². The van der Waals surface area contributed by atoms with Crippen molar-refractivity contribution in [3.8, 4) is 0 Å². The minimum atomic E-state index is -1.23. The Morgan fingerprint density at radius 1 is 1.11 bits per heavy atom. The third-order valence-corrected chi connectivity index (χ3v) is 4.24. The van der Waals surface area contributed by atoms with Gasteiger partial charge in [-0.3, -0.25) is 4.79 Å². The third-order valence-electron chi connectivity index (χ3n) is 3.06. The molecule has 2 aromatic rings. The Kier molecular flexibility index (Phi) is 2.87. The highest BCUT2D eigenvalue weighted by Crippen LogP contribution is 2.37. The standard InChI is InChI=1S/C15H10O3S/c16-12-7-9-3-1-2-4-13(9)19-14-8-10(15(17)18)5-6-11(12)14/h1-6,8H,7H2,(H,17,18)/p-1. The zero-order valence-electron chi connectivity index (χ0n) is 9.88. The SMILES string of the molecule is O=C([O-])c1ccc2c(c1)Sc1ccccc1CC2=O. The molecule has 94 valence electrons. The summed E-state index contributed by atoms with van der Waals surface area (Å²) in [5.41, 5.74) is 1.65. The molecule has 1 aliphatic rings. The number of hydrogen-bond donors (Lipinski definition) is 0. The van der Waals surface area contributed by atoms with Gasteiger partial charge < -0.3 is 9.90 Å². The largest absolute Gasteiger partial charge is 0.545 e. The molecule has 0 spiro atoms.